The molecular weight excluding hydrogens is 408 g/mol. The van der Waals surface area contributed by atoms with E-state index >= 15 is 0 Å². The number of benzene rings is 2. The molecule has 26 heavy (non-hydrogen) atoms. The van der Waals surface area contributed by atoms with Gasteiger partial charge < -0.3 is 4.90 Å². The highest BCUT2D eigenvalue weighted by Gasteiger charge is 2.30. The monoisotopic (exact) mass is 430 g/mol. The second-order valence-corrected chi connectivity index (χ2v) is 8.53. The lowest BCUT2D eigenvalue weighted by Crippen LogP contribution is -2.45. The van der Waals surface area contributed by atoms with E-state index in [1.54, 1.807) is 0 Å². The number of halogens is 2. The first-order chi connectivity index (χ1) is 12.3. The maximum Gasteiger partial charge on any atom is 0.0645 e. The van der Waals surface area contributed by atoms with Crippen molar-refractivity contribution in [2.24, 2.45) is 4.99 Å². The highest BCUT2D eigenvalue weighted by Crippen LogP contribution is 2.39. The molecule has 0 atom stereocenters. The second kappa shape index (κ2) is 7.58. The van der Waals surface area contributed by atoms with Crippen molar-refractivity contribution in [3.05, 3.63) is 63.1 Å². The lowest BCUT2D eigenvalue weighted by Gasteiger charge is -2.43. The number of fused-ring (bicyclic) bond motifs is 1. The quantitative estimate of drug-likeness (QED) is 0.465. The zero-order chi connectivity index (χ0) is 18.9. The first-order valence-corrected chi connectivity index (χ1v) is 10.1. The van der Waals surface area contributed by atoms with Crippen molar-refractivity contribution in [2.45, 2.75) is 39.7 Å². The number of hydrogen-bond donors (Lipinski definition) is 0. The summed E-state index contributed by atoms with van der Waals surface area (Å²) in [6.07, 6.45) is 5.39. The lowest BCUT2D eigenvalue weighted by molar-refractivity contribution is 0.550. The SMILES string of the molecule is CCCN1c2ccc(C=Nc3ccc(Br)c(Cl)c3)cc2C(C)=CC1(C)C. The molecule has 1 aliphatic heterocycles. The van der Waals surface area contributed by atoms with Gasteiger partial charge in [-0.15, -0.1) is 0 Å². The van der Waals surface area contributed by atoms with Crippen LogP contribution in [0.4, 0.5) is 11.4 Å². The van der Waals surface area contributed by atoms with Crippen molar-refractivity contribution in [3.8, 4) is 0 Å². The Bertz CT molecular complexity index is 884. The minimum Gasteiger partial charge on any atom is -0.362 e. The summed E-state index contributed by atoms with van der Waals surface area (Å²) in [6, 6.07) is 12.3. The summed E-state index contributed by atoms with van der Waals surface area (Å²) in [4.78, 5) is 7.06. The van der Waals surface area contributed by atoms with Crippen molar-refractivity contribution in [2.75, 3.05) is 11.4 Å². The molecule has 2 nitrogen and oxygen atoms in total. The molecule has 3 rings (SSSR count). The van der Waals surface area contributed by atoms with Gasteiger partial charge in [0.25, 0.3) is 0 Å². The van der Waals surface area contributed by atoms with Crippen LogP contribution in [-0.4, -0.2) is 18.3 Å². The van der Waals surface area contributed by atoms with Crippen LogP contribution in [0.2, 0.25) is 5.02 Å². The maximum atomic E-state index is 6.15. The Morgan fingerprint density at radius 3 is 2.65 bits per heavy atom. The molecule has 0 fully saturated rings. The lowest BCUT2D eigenvalue weighted by atomic mass is 9.88. The minimum absolute atomic E-state index is 0.0386. The van der Waals surface area contributed by atoms with Gasteiger partial charge in [0, 0.05) is 28.5 Å². The Hall–Kier alpha value is -1.58. The van der Waals surface area contributed by atoms with Crippen LogP contribution in [0.1, 0.15) is 45.2 Å². The number of rotatable bonds is 4. The van der Waals surface area contributed by atoms with Gasteiger partial charge in [-0.1, -0.05) is 30.7 Å². The largest absolute Gasteiger partial charge is 0.362 e. The van der Waals surface area contributed by atoms with Gasteiger partial charge >= 0.3 is 0 Å². The molecule has 0 N–H and O–H groups in total. The molecule has 0 bridgehead atoms. The molecule has 0 saturated heterocycles. The first kappa shape index (κ1) is 19.2. The van der Waals surface area contributed by atoms with Crippen molar-refractivity contribution in [1.29, 1.82) is 0 Å². The number of hydrogen-bond acceptors (Lipinski definition) is 2. The van der Waals surface area contributed by atoms with Crippen LogP contribution in [0.3, 0.4) is 0 Å². The first-order valence-electron chi connectivity index (χ1n) is 8.92. The maximum absolute atomic E-state index is 6.15. The third kappa shape index (κ3) is 3.89. The number of aliphatic imine (C=N–C) groups is 1. The van der Waals surface area contributed by atoms with Crippen molar-refractivity contribution in [3.63, 3.8) is 0 Å². The van der Waals surface area contributed by atoms with E-state index in [9.17, 15) is 0 Å². The average molecular weight is 432 g/mol. The highest BCUT2D eigenvalue weighted by molar-refractivity contribution is 9.10. The van der Waals surface area contributed by atoms with Crippen molar-refractivity contribution < 1.29 is 0 Å². The van der Waals surface area contributed by atoms with Crippen LogP contribution in [0.15, 0.2) is 51.9 Å². The van der Waals surface area contributed by atoms with Crippen LogP contribution < -0.4 is 4.90 Å². The Balaban J connectivity index is 1.94. The third-order valence-electron chi connectivity index (χ3n) is 4.71. The van der Waals surface area contributed by atoms with Crippen molar-refractivity contribution in [1.82, 2.24) is 0 Å². The van der Waals surface area contributed by atoms with Gasteiger partial charge in [0.2, 0.25) is 0 Å². The molecule has 0 saturated carbocycles. The smallest absolute Gasteiger partial charge is 0.0645 e. The second-order valence-electron chi connectivity index (χ2n) is 7.27. The van der Waals surface area contributed by atoms with E-state index in [0.717, 1.165) is 28.7 Å². The fourth-order valence-corrected chi connectivity index (χ4v) is 3.95. The Kier molecular flexibility index (Phi) is 5.59. The highest BCUT2D eigenvalue weighted by atomic mass is 79.9. The van der Waals surface area contributed by atoms with Gasteiger partial charge in [0.05, 0.1) is 16.2 Å². The van der Waals surface area contributed by atoms with Gasteiger partial charge in [-0.3, -0.25) is 4.99 Å². The van der Waals surface area contributed by atoms with Gasteiger partial charge in [-0.2, -0.15) is 0 Å². The number of allylic oxidation sites excluding steroid dienone is 1. The predicted molar refractivity (Wildman–Crippen MR) is 118 cm³/mol. The molecule has 0 aliphatic carbocycles. The predicted octanol–water partition coefficient (Wildman–Crippen LogP) is 7.27. The summed E-state index contributed by atoms with van der Waals surface area (Å²) < 4.78 is 0.881. The molecule has 0 radical (unpaired) electrons. The molecule has 0 amide bonds. The molecule has 2 aromatic rings. The van der Waals surface area contributed by atoms with Crippen LogP contribution in [0.5, 0.6) is 0 Å². The molecule has 136 valence electrons. The number of nitrogens with zero attached hydrogens (tertiary/aromatic N) is 2. The summed E-state index contributed by atoms with van der Waals surface area (Å²) in [7, 11) is 0. The molecule has 0 spiro atoms. The topological polar surface area (TPSA) is 15.6 Å². The molecule has 4 heteroatoms. The molecule has 0 aromatic heterocycles. The Morgan fingerprint density at radius 1 is 1.19 bits per heavy atom. The standard InChI is InChI=1S/C22H24BrClN2/c1-5-10-26-21-9-6-16(11-18(21)15(2)13-22(26,3)4)14-25-17-7-8-19(23)20(24)12-17/h6-9,11-14H,5,10H2,1-4H3. The number of anilines is 1. The third-order valence-corrected chi connectivity index (χ3v) is 5.95. The molecule has 1 heterocycles. The summed E-state index contributed by atoms with van der Waals surface area (Å²) in [5.74, 6) is 0. The van der Waals surface area contributed by atoms with Crippen LogP contribution in [0.25, 0.3) is 5.57 Å². The van der Waals surface area contributed by atoms with Crippen LogP contribution >= 0.6 is 27.5 Å². The zero-order valence-electron chi connectivity index (χ0n) is 15.7. The van der Waals surface area contributed by atoms with Gasteiger partial charge in [0.15, 0.2) is 0 Å². The van der Waals surface area contributed by atoms with Gasteiger partial charge in [0.1, 0.15) is 0 Å². The molecule has 0 unspecified atom stereocenters. The zero-order valence-corrected chi connectivity index (χ0v) is 18.0. The van der Waals surface area contributed by atoms with E-state index in [0.29, 0.717) is 5.02 Å². The van der Waals surface area contributed by atoms with Crippen LogP contribution in [-0.2, 0) is 0 Å². The van der Waals surface area contributed by atoms with Crippen molar-refractivity contribution >= 4 is 50.7 Å². The summed E-state index contributed by atoms with van der Waals surface area (Å²) in [6.45, 7) is 10.0. The summed E-state index contributed by atoms with van der Waals surface area (Å²) in [5, 5.41) is 0.668. The Labute approximate surface area is 169 Å². The Morgan fingerprint density at radius 2 is 1.96 bits per heavy atom. The average Bonchev–Trinajstić information content (AvgIpc) is 2.59. The van der Waals surface area contributed by atoms with E-state index in [1.165, 1.54) is 16.8 Å². The summed E-state index contributed by atoms with van der Waals surface area (Å²) >= 11 is 9.55. The summed E-state index contributed by atoms with van der Waals surface area (Å²) in [5.41, 5.74) is 5.89. The minimum atomic E-state index is 0.0386. The fourth-order valence-electron chi connectivity index (χ4n) is 3.53. The van der Waals surface area contributed by atoms with Crippen LogP contribution in [0, 0.1) is 0 Å². The fraction of sp³-hybridized carbons (Fsp3) is 0.318. The van der Waals surface area contributed by atoms with E-state index in [2.05, 4.69) is 77.8 Å². The normalized spacial score (nSPS) is 15.9. The molecule has 2 aromatic carbocycles. The van der Waals surface area contributed by atoms with Gasteiger partial charge in [-0.25, -0.2) is 0 Å². The van der Waals surface area contributed by atoms with E-state index in [4.69, 9.17) is 11.6 Å². The van der Waals surface area contributed by atoms with E-state index < -0.39 is 0 Å². The van der Waals surface area contributed by atoms with E-state index in [-0.39, 0.29) is 5.54 Å². The molecule has 1 aliphatic rings. The van der Waals surface area contributed by atoms with E-state index in [1.807, 2.05) is 24.4 Å². The van der Waals surface area contributed by atoms with Gasteiger partial charge in [-0.05, 0) is 84.6 Å². The molecular formula is C22H24BrClN2.